The number of rotatable bonds is 16. The highest BCUT2D eigenvalue weighted by molar-refractivity contribution is 7.93. The summed E-state index contributed by atoms with van der Waals surface area (Å²) in [5, 5.41) is 0.0723. The number of imidazole rings is 1. The van der Waals surface area contributed by atoms with Crippen LogP contribution < -0.4 is 9.47 Å². The van der Waals surface area contributed by atoms with Crippen molar-refractivity contribution in [2.24, 2.45) is 4.36 Å². The molecular formula is C38H59ClF2N4O9SSi3. The lowest BCUT2D eigenvalue weighted by Crippen LogP contribution is -2.47. The van der Waals surface area contributed by atoms with Crippen molar-refractivity contribution < 1.29 is 50.6 Å². The van der Waals surface area contributed by atoms with Gasteiger partial charge >= 0.3 is 12.1 Å². The Labute approximate surface area is 349 Å². The molecule has 324 valence electrons. The zero-order valence-electron chi connectivity index (χ0n) is 35.7. The predicted molar refractivity (Wildman–Crippen MR) is 228 cm³/mol. The van der Waals surface area contributed by atoms with Gasteiger partial charge in [0.2, 0.25) is 5.88 Å². The van der Waals surface area contributed by atoms with Crippen molar-refractivity contribution in [3.63, 3.8) is 0 Å². The lowest BCUT2D eigenvalue weighted by atomic mass is 10.1. The van der Waals surface area contributed by atoms with Gasteiger partial charge in [-0.25, -0.2) is 17.8 Å². The van der Waals surface area contributed by atoms with Gasteiger partial charge in [0.1, 0.15) is 42.2 Å². The molecule has 3 aromatic rings. The predicted octanol–water partition coefficient (Wildman–Crippen LogP) is 9.12. The van der Waals surface area contributed by atoms with Gasteiger partial charge in [0, 0.05) is 29.0 Å². The van der Waals surface area contributed by atoms with Crippen molar-refractivity contribution in [2.45, 2.75) is 133 Å². The second-order valence-electron chi connectivity index (χ2n) is 18.9. The summed E-state index contributed by atoms with van der Waals surface area (Å²) < 4.78 is 91.8. The number of hydrogen-bond donors (Lipinski definition) is 0. The van der Waals surface area contributed by atoms with Gasteiger partial charge in [0.05, 0.1) is 51.6 Å². The average molecular weight is 906 g/mol. The van der Waals surface area contributed by atoms with Gasteiger partial charge < -0.3 is 32.8 Å². The first-order valence-corrected chi connectivity index (χ1v) is 32.1. The van der Waals surface area contributed by atoms with Crippen LogP contribution in [0, 0.1) is 11.6 Å². The number of aromatic nitrogens is 3. The van der Waals surface area contributed by atoms with E-state index in [1.807, 2.05) is 0 Å². The van der Waals surface area contributed by atoms with Crippen LogP contribution in [0.1, 0.15) is 26.3 Å². The van der Waals surface area contributed by atoms with E-state index in [9.17, 15) is 9.00 Å². The Morgan fingerprint density at radius 1 is 0.948 bits per heavy atom. The highest BCUT2D eigenvalue weighted by Crippen LogP contribution is 2.41. The molecule has 0 saturated carbocycles. The summed E-state index contributed by atoms with van der Waals surface area (Å²) in [5.41, 5.74) is 0.220. The number of pyridine rings is 1. The minimum Gasteiger partial charge on any atom is -0.471 e. The second-order valence-corrected chi connectivity index (χ2v) is 37.6. The average Bonchev–Trinajstić information content (AvgIpc) is 3.75. The van der Waals surface area contributed by atoms with Crippen LogP contribution in [0.15, 0.2) is 27.5 Å². The van der Waals surface area contributed by atoms with Gasteiger partial charge in [-0.2, -0.15) is 9.97 Å². The van der Waals surface area contributed by atoms with E-state index in [-0.39, 0.29) is 70.8 Å². The van der Waals surface area contributed by atoms with Crippen molar-refractivity contribution in [1.29, 1.82) is 0 Å². The lowest BCUT2D eigenvalue weighted by molar-refractivity contribution is 0.00691. The van der Waals surface area contributed by atoms with Crippen LogP contribution in [0.4, 0.5) is 13.6 Å². The Bertz CT molecular complexity index is 2080. The van der Waals surface area contributed by atoms with Gasteiger partial charge in [-0.15, -0.1) is 4.36 Å². The number of carbonyl (C=O) groups excluding carboxylic acids is 1. The summed E-state index contributed by atoms with van der Waals surface area (Å²) in [6, 6.07) is 5.14. The fraction of sp³-hybridized carbons (Fsp3) is 0.658. The van der Waals surface area contributed by atoms with E-state index >= 15 is 8.78 Å². The molecule has 58 heavy (non-hydrogen) atoms. The van der Waals surface area contributed by atoms with E-state index in [1.165, 1.54) is 0 Å². The van der Waals surface area contributed by atoms with Gasteiger partial charge in [0.25, 0.3) is 0 Å². The summed E-state index contributed by atoms with van der Waals surface area (Å²) in [4.78, 5) is 21.1. The molecule has 5 rings (SSSR count). The summed E-state index contributed by atoms with van der Waals surface area (Å²) in [7, 11) is -8.49. The van der Waals surface area contributed by atoms with E-state index in [1.54, 1.807) is 10.6 Å². The molecule has 2 aromatic heterocycles. The van der Waals surface area contributed by atoms with Gasteiger partial charge in [0.15, 0.2) is 20.1 Å². The molecule has 2 aliphatic heterocycles. The van der Waals surface area contributed by atoms with E-state index in [0.29, 0.717) is 24.8 Å². The van der Waals surface area contributed by atoms with E-state index in [2.05, 4.69) is 87.5 Å². The number of hydrogen-bond acceptors (Lipinski definition) is 11. The molecular weight excluding hydrogens is 846 g/mol. The first kappa shape index (κ1) is 46.6. The monoisotopic (exact) mass is 904 g/mol. The van der Waals surface area contributed by atoms with E-state index in [4.69, 9.17) is 44.4 Å². The molecule has 5 atom stereocenters. The normalized spacial score (nSPS) is 21.2. The zero-order valence-corrected chi connectivity index (χ0v) is 40.3. The maximum atomic E-state index is 15.4. The van der Waals surface area contributed by atoms with Crippen molar-refractivity contribution in [3.05, 3.63) is 40.4 Å². The maximum absolute atomic E-state index is 15.4. The van der Waals surface area contributed by atoms with Gasteiger partial charge in [-0.1, -0.05) is 71.7 Å². The fourth-order valence-corrected chi connectivity index (χ4v) is 9.97. The fourth-order valence-electron chi connectivity index (χ4n) is 5.90. The minimum absolute atomic E-state index is 0.0197. The molecule has 4 heterocycles. The number of ether oxygens (including phenoxy) is 6. The third-order valence-electron chi connectivity index (χ3n) is 10.5. The molecule has 0 bridgehead atoms. The van der Waals surface area contributed by atoms with E-state index < -0.39 is 70.2 Å². The first-order chi connectivity index (χ1) is 26.7. The number of nitrogens with zero attached hydrogens (tertiary/aromatic N) is 4. The number of carbonyl (C=O) groups is 1. The van der Waals surface area contributed by atoms with Crippen LogP contribution in [-0.2, 0) is 46.4 Å². The largest absolute Gasteiger partial charge is 0.471 e. The Kier molecular flexibility index (Phi) is 14.3. The molecule has 2 fully saturated rings. The molecule has 20 heteroatoms. The van der Waals surface area contributed by atoms with Crippen molar-refractivity contribution >= 4 is 63.1 Å². The highest BCUT2D eigenvalue weighted by Gasteiger charge is 2.52. The number of halogens is 3. The molecule has 1 aromatic carbocycles. The smallest absolute Gasteiger partial charge is 0.442 e. The molecule has 0 N–H and O–H groups in total. The standard InChI is InChI=1S/C38H59ClF2N4O9SSi3/c1-38(2,3)58(11,12)54-31-22-51-32-30(21-50-33(31)32)53-36-43-34-29(45(36)23-48-13-15-56(5,6)7)19-26(39)35(42-34)52-20-25-27(40)17-24(18-28(25)41)55(4,47)44-37(46)49-14-16-57(8,9)10/h17-19,30-33H,13-16,20-23H2,1-12H3/t30-,31-,32-,33-,55?/m1/s1. The molecule has 0 spiro atoms. The third kappa shape index (κ3) is 11.7. The SMILES string of the molecule is CC(C)(C)[Si](C)(C)O[C@@H]1CO[C@H]2[C@@H]1OC[C@H]2Oc1nc2nc(OCc3c(F)cc(S(C)(=O)=NC(=O)OCC[Si](C)(C)C)cc3F)c(Cl)cc2n1COCC[Si](C)(C)C. The van der Waals surface area contributed by atoms with Gasteiger partial charge in [-0.05, 0) is 48.4 Å². The molecule has 2 aliphatic rings. The Morgan fingerprint density at radius 3 is 2.14 bits per heavy atom. The van der Waals surface area contributed by atoms with E-state index in [0.717, 1.165) is 24.4 Å². The quantitative estimate of drug-likeness (QED) is 0.100. The second kappa shape index (κ2) is 17.8. The summed E-state index contributed by atoms with van der Waals surface area (Å²) in [5.74, 6) is -2.23. The van der Waals surface area contributed by atoms with Crippen molar-refractivity contribution in [1.82, 2.24) is 14.5 Å². The maximum Gasteiger partial charge on any atom is 0.442 e. The minimum atomic E-state index is -3.53. The Balaban J connectivity index is 1.34. The van der Waals surface area contributed by atoms with Crippen LogP contribution in [0.2, 0.25) is 74.5 Å². The van der Waals surface area contributed by atoms with Crippen molar-refractivity contribution in [2.75, 3.05) is 32.7 Å². The molecule has 1 amide bonds. The number of fused-ring (bicyclic) bond motifs is 2. The third-order valence-corrected chi connectivity index (χ3v) is 20.3. The zero-order chi connectivity index (χ0) is 43.0. The van der Waals surface area contributed by atoms with Crippen LogP contribution in [0.5, 0.6) is 11.9 Å². The van der Waals surface area contributed by atoms with Crippen molar-refractivity contribution in [3.8, 4) is 11.9 Å². The van der Waals surface area contributed by atoms with Gasteiger partial charge in [-0.3, -0.25) is 4.57 Å². The summed E-state index contributed by atoms with van der Waals surface area (Å²) in [6.07, 6.45) is -1.34. The first-order valence-electron chi connectivity index (χ1n) is 19.5. The van der Waals surface area contributed by atoms with Crippen LogP contribution in [-0.4, -0.2) is 106 Å². The molecule has 0 radical (unpaired) electrons. The molecule has 0 aliphatic carbocycles. The Morgan fingerprint density at radius 2 is 1.53 bits per heavy atom. The van der Waals surface area contributed by atoms with Crippen LogP contribution in [0.3, 0.4) is 0 Å². The number of amides is 1. The molecule has 2 saturated heterocycles. The summed E-state index contributed by atoms with van der Waals surface area (Å²) in [6.45, 7) is 24.9. The van der Waals surface area contributed by atoms with Crippen LogP contribution >= 0.6 is 11.6 Å². The highest BCUT2D eigenvalue weighted by atomic mass is 35.5. The molecule has 13 nitrogen and oxygen atoms in total. The molecule has 1 unspecified atom stereocenters. The summed E-state index contributed by atoms with van der Waals surface area (Å²) >= 11 is 6.66. The number of benzene rings is 1. The topological polar surface area (TPSA) is 142 Å². The Hall–Kier alpha value is -2.50. The van der Waals surface area contributed by atoms with Crippen LogP contribution in [0.25, 0.3) is 11.2 Å². The lowest BCUT2D eigenvalue weighted by Gasteiger charge is -2.39.